The fourth-order valence-electron chi connectivity index (χ4n) is 0.0707. The molecule has 0 aliphatic carbocycles. The Labute approximate surface area is 53.6 Å². The van der Waals surface area contributed by atoms with E-state index in [4.69, 9.17) is 0 Å². The van der Waals surface area contributed by atoms with Crippen LogP contribution in [0.5, 0.6) is 0 Å². The molecule has 0 heterocycles. The molecule has 0 aliphatic rings. The van der Waals surface area contributed by atoms with E-state index in [9.17, 15) is 0 Å². The Morgan fingerprint density at radius 2 is 2.20 bits per heavy atom. The van der Waals surface area contributed by atoms with Crippen molar-refractivity contribution in [2.75, 3.05) is 5.75 Å². The molecular formula is C3H7BiS. The fourth-order valence-corrected chi connectivity index (χ4v) is 1.86. The molecule has 0 nitrogen and oxygen atoms in total. The maximum absolute atomic E-state index is 4.02. The van der Waals surface area contributed by atoms with Crippen molar-refractivity contribution in [2.24, 2.45) is 0 Å². The summed E-state index contributed by atoms with van der Waals surface area (Å²) >= 11 is 5.53. The van der Waals surface area contributed by atoms with E-state index in [1.165, 1.54) is 35.3 Å². The average Bonchev–Trinajstić information content (AvgIpc) is 1.41. The Bertz CT molecular complexity index is 14.4. The molecule has 2 radical (unpaired) electrons. The third-order valence-electron chi connectivity index (χ3n) is 0.316. The zero-order valence-electron chi connectivity index (χ0n) is 3.02. The summed E-state index contributed by atoms with van der Waals surface area (Å²) in [6, 6.07) is 0. The zero-order valence-corrected chi connectivity index (χ0v) is 7.39. The molecular weight excluding hydrogens is 277 g/mol. The second-order valence-electron chi connectivity index (χ2n) is 0.801. The first-order valence-electron chi connectivity index (χ1n) is 1.63. The van der Waals surface area contributed by atoms with Crippen LogP contribution in [-0.4, -0.2) is 30.5 Å². The molecule has 0 amide bonds. The van der Waals surface area contributed by atoms with Crippen LogP contribution in [-0.2, 0) is 0 Å². The molecule has 0 aromatic carbocycles. The second kappa shape index (κ2) is 5.23. The first-order valence-corrected chi connectivity index (χ1v) is 4.72. The van der Waals surface area contributed by atoms with Gasteiger partial charge in [-0.15, -0.1) is 0 Å². The van der Waals surface area contributed by atoms with Crippen molar-refractivity contribution in [2.45, 2.75) is 10.5 Å². The van der Waals surface area contributed by atoms with Crippen molar-refractivity contribution < 1.29 is 0 Å². The van der Waals surface area contributed by atoms with Crippen molar-refractivity contribution >= 4 is 37.3 Å². The van der Waals surface area contributed by atoms with E-state index >= 15 is 0 Å². The van der Waals surface area contributed by atoms with Gasteiger partial charge in [0.1, 0.15) is 0 Å². The summed E-state index contributed by atoms with van der Waals surface area (Å²) in [7, 11) is 0. The molecule has 0 fully saturated rings. The number of hydrogen-bond acceptors (Lipinski definition) is 1. The normalized spacial score (nSPS) is 8.40. The van der Waals surface area contributed by atoms with Gasteiger partial charge < -0.3 is 0 Å². The van der Waals surface area contributed by atoms with E-state index in [1.54, 1.807) is 0 Å². The Hall–Kier alpha value is 1.23. The SMILES string of the molecule is SCC[CH2][Bi]. The summed E-state index contributed by atoms with van der Waals surface area (Å²) in [6.07, 6.45) is 1.30. The summed E-state index contributed by atoms with van der Waals surface area (Å²) in [5.74, 6) is 1.07. The van der Waals surface area contributed by atoms with E-state index in [1.807, 2.05) is 0 Å². The van der Waals surface area contributed by atoms with Crippen molar-refractivity contribution in [3.05, 3.63) is 0 Å². The van der Waals surface area contributed by atoms with Crippen molar-refractivity contribution in [1.82, 2.24) is 0 Å². The van der Waals surface area contributed by atoms with Gasteiger partial charge in [0.05, 0.1) is 0 Å². The van der Waals surface area contributed by atoms with Crippen LogP contribution >= 0.6 is 12.6 Å². The van der Waals surface area contributed by atoms with Crippen LogP contribution in [0.3, 0.4) is 0 Å². The summed E-state index contributed by atoms with van der Waals surface area (Å²) in [6.45, 7) is 0. The molecule has 0 atom stereocenters. The fraction of sp³-hybridized carbons (Fsp3) is 1.00. The van der Waals surface area contributed by atoms with Crippen LogP contribution in [0.4, 0.5) is 0 Å². The van der Waals surface area contributed by atoms with Crippen LogP contribution < -0.4 is 0 Å². The molecule has 0 spiro atoms. The van der Waals surface area contributed by atoms with Gasteiger partial charge in [0, 0.05) is 0 Å². The van der Waals surface area contributed by atoms with Gasteiger partial charge in [0.2, 0.25) is 0 Å². The van der Waals surface area contributed by atoms with Crippen molar-refractivity contribution in [3.63, 3.8) is 0 Å². The summed E-state index contributed by atoms with van der Waals surface area (Å²) < 4.78 is 1.38. The van der Waals surface area contributed by atoms with Crippen LogP contribution in [0.1, 0.15) is 6.42 Å². The maximum atomic E-state index is 4.02. The van der Waals surface area contributed by atoms with E-state index in [2.05, 4.69) is 12.6 Å². The molecule has 0 aliphatic heterocycles. The molecule has 0 saturated heterocycles. The summed E-state index contributed by atoms with van der Waals surface area (Å²) in [5, 5.41) is 0. The minimum absolute atomic E-state index is 1.07. The molecule has 0 rings (SSSR count). The summed E-state index contributed by atoms with van der Waals surface area (Å²) in [5.41, 5.74) is 0. The molecule has 0 aromatic heterocycles. The Morgan fingerprint density at radius 1 is 1.60 bits per heavy atom. The second-order valence-corrected chi connectivity index (χ2v) is 2.99. The molecule has 0 unspecified atom stereocenters. The van der Waals surface area contributed by atoms with Gasteiger partial charge in [-0.3, -0.25) is 0 Å². The first kappa shape index (κ1) is 6.23. The topological polar surface area (TPSA) is 0 Å². The van der Waals surface area contributed by atoms with Gasteiger partial charge in [0.25, 0.3) is 0 Å². The number of thiol groups is 1. The predicted molar refractivity (Wildman–Crippen MR) is 29.0 cm³/mol. The molecule has 30 valence electrons. The van der Waals surface area contributed by atoms with Gasteiger partial charge in [-0.2, -0.15) is 0 Å². The predicted octanol–water partition coefficient (Wildman–Crippen LogP) is 0.893. The summed E-state index contributed by atoms with van der Waals surface area (Å²) in [4.78, 5) is 0. The molecule has 0 saturated carbocycles. The Balaban J connectivity index is 2.19. The molecule has 0 N–H and O–H groups in total. The van der Waals surface area contributed by atoms with Crippen LogP contribution in [0, 0.1) is 0 Å². The minimum atomic E-state index is 1.07. The van der Waals surface area contributed by atoms with Crippen molar-refractivity contribution in [3.8, 4) is 0 Å². The van der Waals surface area contributed by atoms with Gasteiger partial charge in [0.15, 0.2) is 0 Å². The van der Waals surface area contributed by atoms with Gasteiger partial charge in [-0.1, -0.05) is 0 Å². The third kappa shape index (κ3) is 5.23. The Kier molecular flexibility index (Phi) is 6.52. The van der Waals surface area contributed by atoms with E-state index in [0.29, 0.717) is 0 Å². The molecule has 0 aromatic rings. The van der Waals surface area contributed by atoms with Gasteiger partial charge >= 0.3 is 53.7 Å². The van der Waals surface area contributed by atoms with Crippen LogP contribution in [0.25, 0.3) is 0 Å². The van der Waals surface area contributed by atoms with Crippen LogP contribution in [0.15, 0.2) is 0 Å². The molecule has 2 heteroatoms. The molecule has 0 bridgehead atoms. The first-order chi connectivity index (χ1) is 2.41. The van der Waals surface area contributed by atoms with Gasteiger partial charge in [-0.05, 0) is 0 Å². The standard InChI is InChI=1S/C3H7S.Bi/c1-2-3-4;/h4H,1-3H2;. The van der Waals surface area contributed by atoms with E-state index < -0.39 is 0 Å². The Morgan fingerprint density at radius 3 is 2.20 bits per heavy atom. The monoisotopic (exact) mass is 284 g/mol. The third-order valence-corrected chi connectivity index (χ3v) is 1.86. The number of rotatable bonds is 2. The van der Waals surface area contributed by atoms with Crippen molar-refractivity contribution in [1.29, 1.82) is 0 Å². The van der Waals surface area contributed by atoms with Crippen LogP contribution in [0.2, 0.25) is 4.13 Å². The van der Waals surface area contributed by atoms with Gasteiger partial charge in [-0.25, -0.2) is 0 Å². The number of hydrogen-bond donors (Lipinski definition) is 1. The van der Waals surface area contributed by atoms with E-state index in [0.717, 1.165) is 5.75 Å². The zero-order chi connectivity index (χ0) is 4.12. The average molecular weight is 284 g/mol. The molecule has 5 heavy (non-hydrogen) atoms. The quantitative estimate of drug-likeness (QED) is 0.565. The van der Waals surface area contributed by atoms with E-state index in [-0.39, 0.29) is 0 Å².